The lowest BCUT2D eigenvalue weighted by atomic mass is 10.0. The van der Waals surface area contributed by atoms with E-state index in [2.05, 4.69) is 20.8 Å². The molecule has 0 saturated carbocycles. The maximum atomic E-state index is 12.6. The van der Waals surface area contributed by atoms with Gasteiger partial charge in [-0.05, 0) is 88.6 Å². The molecule has 4 rings (SSSR count). The van der Waals surface area contributed by atoms with Crippen LogP contribution in [0.5, 0.6) is 0 Å². The molecule has 3 nitrogen and oxygen atoms in total. The lowest BCUT2D eigenvalue weighted by Crippen LogP contribution is -2.27. The van der Waals surface area contributed by atoms with Gasteiger partial charge in [-0.15, -0.1) is 0 Å². The fourth-order valence-electron chi connectivity index (χ4n) is 3.15. The molecule has 0 aromatic heterocycles. The fourth-order valence-corrected chi connectivity index (χ4v) is 3.15. The Labute approximate surface area is 210 Å². The van der Waals surface area contributed by atoms with E-state index in [1.165, 1.54) is 32.8 Å². The van der Waals surface area contributed by atoms with Crippen molar-refractivity contribution in [2.45, 2.75) is 80.6 Å². The van der Waals surface area contributed by atoms with Crippen molar-refractivity contribution in [2.24, 2.45) is 11.8 Å². The fraction of sp³-hybridized carbons (Fsp3) is 0.586. The summed E-state index contributed by atoms with van der Waals surface area (Å²) in [6.45, 7) is 17.8. The van der Waals surface area contributed by atoms with Crippen molar-refractivity contribution >= 4 is 0 Å². The predicted octanol–water partition coefficient (Wildman–Crippen LogP) is 7.86. The Morgan fingerprint density at radius 1 is 0.629 bits per heavy atom. The number of hydrogen-bond donors (Lipinski definition) is 0. The zero-order valence-corrected chi connectivity index (χ0v) is 22.6. The van der Waals surface area contributed by atoms with Gasteiger partial charge in [-0.25, -0.2) is 13.2 Å². The second-order valence-electron chi connectivity index (χ2n) is 9.75. The highest BCUT2D eigenvalue weighted by atomic mass is 19.2. The molecule has 0 radical (unpaired) electrons. The molecule has 6 heteroatoms. The first-order valence-electron chi connectivity index (χ1n) is 12.4. The van der Waals surface area contributed by atoms with E-state index in [4.69, 9.17) is 14.2 Å². The van der Waals surface area contributed by atoms with Crippen molar-refractivity contribution < 1.29 is 27.4 Å². The summed E-state index contributed by atoms with van der Waals surface area (Å²) < 4.78 is 53.5. The Kier molecular flexibility index (Phi) is 14.2. The molecule has 0 spiro atoms. The highest BCUT2D eigenvalue weighted by Gasteiger charge is 2.14. The molecular formula is C29H43F3O3. The molecule has 35 heavy (non-hydrogen) atoms. The molecule has 2 atom stereocenters. The van der Waals surface area contributed by atoms with E-state index in [9.17, 15) is 13.2 Å². The van der Waals surface area contributed by atoms with Gasteiger partial charge in [0.05, 0.1) is 19.3 Å². The molecule has 2 saturated heterocycles. The van der Waals surface area contributed by atoms with Gasteiger partial charge in [-0.2, -0.15) is 0 Å². The number of benzene rings is 2. The average molecular weight is 497 g/mol. The van der Waals surface area contributed by atoms with Gasteiger partial charge >= 0.3 is 0 Å². The average Bonchev–Trinajstić information content (AvgIpc) is 2.83. The van der Waals surface area contributed by atoms with Crippen LogP contribution in [0.4, 0.5) is 13.2 Å². The zero-order valence-electron chi connectivity index (χ0n) is 22.6. The number of aryl methyl sites for hydroxylation is 4. The highest BCUT2D eigenvalue weighted by molar-refractivity contribution is 5.24. The van der Waals surface area contributed by atoms with Crippen molar-refractivity contribution in [3.63, 3.8) is 0 Å². The van der Waals surface area contributed by atoms with Gasteiger partial charge in [-0.3, -0.25) is 0 Å². The molecule has 2 heterocycles. The lowest BCUT2D eigenvalue weighted by molar-refractivity contribution is -0.187. The third-order valence-electron chi connectivity index (χ3n) is 5.76. The summed E-state index contributed by atoms with van der Waals surface area (Å²) in [5.41, 5.74) is 2.38. The summed E-state index contributed by atoms with van der Waals surface area (Å²) in [5.74, 6) is -0.215. The van der Waals surface area contributed by atoms with E-state index in [1.54, 1.807) is 25.1 Å². The Bertz CT molecular complexity index is 805. The molecule has 2 aromatic rings. The van der Waals surface area contributed by atoms with Gasteiger partial charge in [0.1, 0.15) is 5.82 Å². The topological polar surface area (TPSA) is 27.7 Å². The van der Waals surface area contributed by atoms with E-state index in [1.807, 2.05) is 19.9 Å². The van der Waals surface area contributed by atoms with Crippen LogP contribution in [-0.2, 0) is 14.2 Å². The maximum Gasteiger partial charge on any atom is 0.161 e. The molecule has 2 aliphatic rings. The van der Waals surface area contributed by atoms with Gasteiger partial charge in [0.2, 0.25) is 0 Å². The van der Waals surface area contributed by atoms with Crippen LogP contribution < -0.4 is 0 Å². The van der Waals surface area contributed by atoms with Crippen LogP contribution in [0.15, 0.2) is 30.3 Å². The van der Waals surface area contributed by atoms with Gasteiger partial charge in [-0.1, -0.05) is 38.1 Å². The Morgan fingerprint density at radius 3 is 1.49 bits per heavy atom. The van der Waals surface area contributed by atoms with E-state index in [-0.39, 0.29) is 12.1 Å². The first-order valence-corrected chi connectivity index (χ1v) is 12.4. The molecule has 0 amide bonds. The zero-order chi connectivity index (χ0) is 26.5. The Balaban J connectivity index is 0.000000234. The van der Waals surface area contributed by atoms with Crippen LogP contribution in [0.3, 0.4) is 0 Å². The molecule has 198 valence electrons. The molecule has 0 N–H and O–H groups in total. The number of halogens is 3. The third kappa shape index (κ3) is 12.6. The van der Waals surface area contributed by atoms with Crippen molar-refractivity contribution in [1.82, 2.24) is 0 Å². The monoisotopic (exact) mass is 496 g/mol. The van der Waals surface area contributed by atoms with Gasteiger partial charge < -0.3 is 14.2 Å². The molecule has 2 fully saturated rings. The van der Waals surface area contributed by atoms with Crippen molar-refractivity contribution in [3.05, 3.63) is 70.0 Å². The van der Waals surface area contributed by atoms with E-state index in [0.717, 1.165) is 31.3 Å². The van der Waals surface area contributed by atoms with Crippen LogP contribution in [0.25, 0.3) is 0 Å². The summed E-state index contributed by atoms with van der Waals surface area (Å²) in [6.07, 6.45) is 3.14. The number of hydrogen-bond acceptors (Lipinski definition) is 3. The lowest BCUT2D eigenvalue weighted by Gasteiger charge is -2.24. The molecule has 2 unspecified atom stereocenters. The second kappa shape index (κ2) is 16.0. The third-order valence-corrected chi connectivity index (χ3v) is 5.76. The smallest absolute Gasteiger partial charge is 0.161 e. The summed E-state index contributed by atoms with van der Waals surface area (Å²) >= 11 is 0. The molecule has 0 bridgehead atoms. The van der Waals surface area contributed by atoms with E-state index >= 15 is 0 Å². The quantitative estimate of drug-likeness (QED) is 0.372. The van der Waals surface area contributed by atoms with Gasteiger partial charge in [0.25, 0.3) is 0 Å². The minimum absolute atomic E-state index is 0.0196. The minimum atomic E-state index is -0.736. The van der Waals surface area contributed by atoms with Crippen molar-refractivity contribution in [2.75, 3.05) is 19.8 Å². The van der Waals surface area contributed by atoms with Gasteiger partial charge in [0.15, 0.2) is 17.9 Å². The minimum Gasteiger partial charge on any atom is -0.378 e. The molecular weight excluding hydrogens is 453 g/mol. The van der Waals surface area contributed by atoms with Crippen LogP contribution >= 0.6 is 0 Å². The highest BCUT2D eigenvalue weighted by Crippen LogP contribution is 2.17. The maximum absolute atomic E-state index is 12.6. The standard InChI is InChI=1S/C8H8F2.C8H9F.C7H14O.C6H12O2/c1-5-3-4-6(2)8(10)7(5)9;1-6-3-4-7(2)8(9)5-6;1-6-3-4-7(2)8-5-6;1-5-3-7-6(2)8-4-5/h3-4H,1-2H3;3-5H,1-2H3;6-7H,3-5H2,1-2H3;5-6H,3-4H2,1-2H3. The first kappa shape index (κ1) is 31.1. The summed E-state index contributed by atoms with van der Waals surface area (Å²) in [6, 6.07) is 8.35. The molecule has 2 aliphatic heterocycles. The van der Waals surface area contributed by atoms with Crippen LogP contribution in [0, 0.1) is 57.0 Å². The van der Waals surface area contributed by atoms with Crippen molar-refractivity contribution in [1.29, 1.82) is 0 Å². The first-order chi connectivity index (χ1) is 16.4. The Hall–Kier alpha value is -1.89. The normalized spacial score (nSPS) is 23.5. The summed E-state index contributed by atoms with van der Waals surface area (Å²) in [7, 11) is 0. The predicted molar refractivity (Wildman–Crippen MR) is 136 cm³/mol. The van der Waals surface area contributed by atoms with E-state index < -0.39 is 11.6 Å². The molecule has 2 aromatic carbocycles. The summed E-state index contributed by atoms with van der Waals surface area (Å²) in [5, 5.41) is 0. The Morgan fingerprint density at radius 2 is 1.11 bits per heavy atom. The van der Waals surface area contributed by atoms with Crippen LogP contribution in [-0.4, -0.2) is 32.2 Å². The van der Waals surface area contributed by atoms with Crippen LogP contribution in [0.1, 0.15) is 62.8 Å². The SMILES string of the molecule is CC1CCC(C)OC1.CC1COC(C)OC1.Cc1ccc(C)c(F)c1.Cc1ccc(C)c(F)c1F. The molecule has 0 aliphatic carbocycles. The van der Waals surface area contributed by atoms with Crippen LogP contribution in [0.2, 0.25) is 0 Å². The second-order valence-corrected chi connectivity index (χ2v) is 9.75. The largest absolute Gasteiger partial charge is 0.378 e. The van der Waals surface area contributed by atoms with Crippen molar-refractivity contribution in [3.8, 4) is 0 Å². The number of rotatable bonds is 0. The summed E-state index contributed by atoms with van der Waals surface area (Å²) in [4.78, 5) is 0. The number of ether oxygens (including phenoxy) is 3. The van der Waals surface area contributed by atoms with E-state index in [0.29, 0.717) is 28.7 Å². The van der Waals surface area contributed by atoms with Gasteiger partial charge in [0, 0.05) is 12.5 Å².